The number of fused-ring (bicyclic) bond motifs is 2. The maximum absolute atomic E-state index is 12.7. The van der Waals surface area contributed by atoms with Gasteiger partial charge in [0.1, 0.15) is 5.15 Å². The molecular weight excluding hydrogens is 292 g/mol. The Hall–Kier alpha value is -1.62. The molecule has 1 aromatic rings. The van der Waals surface area contributed by atoms with E-state index in [0.29, 0.717) is 5.56 Å². The second-order valence-corrected chi connectivity index (χ2v) is 6.23. The van der Waals surface area contributed by atoms with Crippen LogP contribution in [0.5, 0.6) is 0 Å². The molecule has 112 valence electrons. The van der Waals surface area contributed by atoms with Crippen LogP contribution in [0.4, 0.5) is 0 Å². The zero-order chi connectivity index (χ0) is 15.0. The second-order valence-electron chi connectivity index (χ2n) is 5.87. The Balaban J connectivity index is 1.78. The first kappa shape index (κ1) is 14.3. The lowest BCUT2D eigenvalue weighted by atomic mass is 9.88. The van der Waals surface area contributed by atoms with Crippen LogP contribution >= 0.6 is 11.6 Å². The van der Waals surface area contributed by atoms with Crippen molar-refractivity contribution in [2.45, 2.75) is 44.2 Å². The van der Waals surface area contributed by atoms with Crippen LogP contribution in [0, 0.1) is 5.92 Å². The molecule has 5 nitrogen and oxygen atoms in total. The number of carboxylic acids is 1. The molecule has 6 heteroatoms. The number of carbonyl (C=O) groups excluding carboxylic acids is 1. The summed E-state index contributed by atoms with van der Waals surface area (Å²) in [4.78, 5) is 29.4. The number of pyridine rings is 1. The van der Waals surface area contributed by atoms with Crippen LogP contribution in [-0.4, -0.2) is 39.0 Å². The molecule has 2 atom stereocenters. The third kappa shape index (κ3) is 2.75. The summed E-state index contributed by atoms with van der Waals surface area (Å²) in [6.45, 7) is 0. The van der Waals surface area contributed by atoms with Gasteiger partial charge in [-0.2, -0.15) is 0 Å². The van der Waals surface area contributed by atoms with E-state index in [0.717, 1.165) is 25.7 Å². The highest BCUT2D eigenvalue weighted by Gasteiger charge is 2.44. The molecule has 1 N–H and O–H groups in total. The van der Waals surface area contributed by atoms with Crippen molar-refractivity contribution < 1.29 is 14.7 Å². The van der Waals surface area contributed by atoms with Crippen molar-refractivity contribution in [3.8, 4) is 0 Å². The highest BCUT2D eigenvalue weighted by atomic mass is 35.5. The van der Waals surface area contributed by atoms with E-state index in [1.807, 2.05) is 4.90 Å². The third-order valence-electron chi connectivity index (χ3n) is 4.52. The van der Waals surface area contributed by atoms with E-state index in [2.05, 4.69) is 4.98 Å². The van der Waals surface area contributed by atoms with Crippen LogP contribution < -0.4 is 0 Å². The van der Waals surface area contributed by atoms with E-state index in [-0.39, 0.29) is 35.5 Å². The first-order chi connectivity index (χ1) is 10.1. The Morgan fingerprint density at radius 3 is 2.57 bits per heavy atom. The lowest BCUT2D eigenvalue weighted by molar-refractivity contribution is -0.138. The second kappa shape index (κ2) is 5.64. The molecule has 1 amide bonds. The summed E-state index contributed by atoms with van der Waals surface area (Å²) in [5.74, 6) is -0.655. The van der Waals surface area contributed by atoms with Crippen LogP contribution in [0.1, 0.15) is 42.5 Å². The molecule has 2 aliphatic heterocycles. The van der Waals surface area contributed by atoms with Crippen molar-refractivity contribution in [2.24, 2.45) is 5.92 Å². The van der Waals surface area contributed by atoms with Crippen molar-refractivity contribution in [1.29, 1.82) is 0 Å². The van der Waals surface area contributed by atoms with Gasteiger partial charge in [0.05, 0.1) is 5.56 Å². The predicted molar refractivity (Wildman–Crippen MR) is 77.2 cm³/mol. The summed E-state index contributed by atoms with van der Waals surface area (Å²) in [5.41, 5.74) is 0.438. The summed E-state index contributed by atoms with van der Waals surface area (Å²) >= 11 is 6.02. The average Bonchev–Trinajstić information content (AvgIpc) is 2.69. The zero-order valence-corrected chi connectivity index (χ0v) is 12.3. The number of carboxylic acid groups (broad SMARTS) is 1. The lowest BCUT2D eigenvalue weighted by Gasteiger charge is -2.38. The minimum atomic E-state index is -0.755. The van der Waals surface area contributed by atoms with Crippen molar-refractivity contribution in [3.05, 3.63) is 29.0 Å². The summed E-state index contributed by atoms with van der Waals surface area (Å²) in [6.07, 6.45) is 5.20. The summed E-state index contributed by atoms with van der Waals surface area (Å²) in [7, 11) is 0. The molecule has 0 saturated carbocycles. The Labute approximate surface area is 127 Å². The first-order valence-corrected chi connectivity index (χ1v) is 7.59. The van der Waals surface area contributed by atoms with E-state index in [1.165, 1.54) is 0 Å². The average molecular weight is 309 g/mol. The van der Waals surface area contributed by atoms with Gasteiger partial charge in [-0.05, 0) is 43.7 Å². The number of halogens is 1. The van der Waals surface area contributed by atoms with Gasteiger partial charge in [-0.1, -0.05) is 11.6 Å². The van der Waals surface area contributed by atoms with E-state index in [4.69, 9.17) is 16.7 Å². The number of hydrogen-bond acceptors (Lipinski definition) is 3. The van der Waals surface area contributed by atoms with E-state index >= 15 is 0 Å². The minimum Gasteiger partial charge on any atom is -0.481 e. The molecule has 0 aromatic carbocycles. The highest BCUT2D eigenvalue weighted by Crippen LogP contribution is 2.41. The van der Waals surface area contributed by atoms with Crippen molar-refractivity contribution in [1.82, 2.24) is 9.88 Å². The molecule has 2 saturated heterocycles. The molecule has 3 rings (SSSR count). The normalized spacial score (nSPS) is 27.7. The zero-order valence-electron chi connectivity index (χ0n) is 11.5. The molecule has 2 aliphatic rings. The summed E-state index contributed by atoms with van der Waals surface area (Å²) in [6, 6.07) is 3.67. The fourth-order valence-electron chi connectivity index (χ4n) is 3.72. The molecule has 2 bridgehead atoms. The minimum absolute atomic E-state index is 0.0747. The van der Waals surface area contributed by atoms with Gasteiger partial charge in [0.25, 0.3) is 5.91 Å². The molecule has 0 spiro atoms. The summed E-state index contributed by atoms with van der Waals surface area (Å²) in [5, 5.41) is 9.17. The molecular formula is C15H17ClN2O3. The van der Waals surface area contributed by atoms with Crippen LogP contribution in [0.3, 0.4) is 0 Å². The maximum Gasteiger partial charge on any atom is 0.303 e. The van der Waals surface area contributed by atoms with E-state index in [1.54, 1.807) is 18.3 Å². The molecule has 0 radical (unpaired) electrons. The number of nitrogens with zero attached hydrogens (tertiary/aromatic N) is 2. The third-order valence-corrected chi connectivity index (χ3v) is 4.82. The van der Waals surface area contributed by atoms with Crippen molar-refractivity contribution >= 4 is 23.5 Å². The van der Waals surface area contributed by atoms with Crippen LogP contribution in [-0.2, 0) is 4.79 Å². The van der Waals surface area contributed by atoms with Gasteiger partial charge in [0.15, 0.2) is 0 Å². The van der Waals surface area contributed by atoms with Crippen molar-refractivity contribution in [2.75, 3.05) is 0 Å². The number of piperidine rings is 1. The Kier molecular flexibility index (Phi) is 3.85. The summed E-state index contributed by atoms with van der Waals surface area (Å²) < 4.78 is 0. The van der Waals surface area contributed by atoms with Crippen LogP contribution in [0.2, 0.25) is 5.15 Å². The Morgan fingerprint density at radius 1 is 1.33 bits per heavy atom. The fraction of sp³-hybridized carbons (Fsp3) is 0.533. The van der Waals surface area contributed by atoms with Gasteiger partial charge in [-0.3, -0.25) is 9.59 Å². The number of aromatic nitrogens is 1. The largest absolute Gasteiger partial charge is 0.481 e. The Morgan fingerprint density at radius 2 is 2.00 bits per heavy atom. The van der Waals surface area contributed by atoms with Crippen LogP contribution in [0.25, 0.3) is 0 Å². The van der Waals surface area contributed by atoms with E-state index in [9.17, 15) is 9.59 Å². The number of rotatable bonds is 3. The fourth-order valence-corrected chi connectivity index (χ4v) is 3.92. The molecule has 2 unspecified atom stereocenters. The van der Waals surface area contributed by atoms with Gasteiger partial charge in [-0.25, -0.2) is 4.98 Å². The molecule has 3 heterocycles. The van der Waals surface area contributed by atoms with Crippen molar-refractivity contribution in [3.63, 3.8) is 0 Å². The van der Waals surface area contributed by atoms with Gasteiger partial charge < -0.3 is 10.0 Å². The monoisotopic (exact) mass is 308 g/mol. The molecule has 2 fully saturated rings. The number of carbonyl (C=O) groups is 2. The number of amides is 1. The van der Waals surface area contributed by atoms with Gasteiger partial charge in [-0.15, -0.1) is 0 Å². The number of hydrogen-bond donors (Lipinski definition) is 1. The van der Waals surface area contributed by atoms with Gasteiger partial charge >= 0.3 is 5.97 Å². The molecule has 0 aliphatic carbocycles. The topological polar surface area (TPSA) is 70.5 Å². The SMILES string of the molecule is O=C(O)CC1CC2CCC(C1)N2C(=O)c1cccnc1Cl. The smallest absolute Gasteiger partial charge is 0.303 e. The van der Waals surface area contributed by atoms with Crippen LogP contribution in [0.15, 0.2) is 18.3 Å². The van der Waals surface area contributed by atoms with Gasteiger partial charge in [0, 0.05) is 24.7 Å². The highest BCUT2D eigenvalue weighted by molar-refractivity contribution is 6.32. The standard InChI is InChI=1S/C15H17ClN2O3/c16-14-12(2-1-5-17-14)15(21)18-10-3-4-11(18)7-9(6-10)8-13(19)20/h1-2,5,9-11H,3-4,6-8H2,(H,19,20). The molecule has 1 aromatic heterocycles. The van der Waals surface area contributed by atoms with Gasteiger partial charge in [0.2, 0.25) is 0 Å². The maximum atomic E-state index is 12.7. The Bertz CT molecular complexity index is 564. The lowest BCUT2D eigenvalue weighted by Crippen LogP contribution is -2.47. The predicted octanol–water partition coefficient (Wildman–Crippen LogP) is 2.59. The first-order valence-electron chi connectivity index (χ1n) is 7.21. The number of aliphatic carboxylic acids is 1. The van der Waals surface area contributed by atoms with E-state index < -0.39 is 5.97 Å². The quantitative estimate of drug-likeness (QED) is 0.871. The molecule has 21 heavy (non-hydrogen) atoms.